The van der Waals surface area contributed by atoms with Crippen LogP contribution in [0.25, 0.3) is 11.1 Å². The summed E-state index contributed by atoms with van der Waals surface area (Å²) < 4.78 is 0. The van der Waals surface area contributed by atoms with E-state index in [1.54, 1.807) is 43.3 Å². The summed E-state index contributed by atoms with van der Waals surface area (Å²) in [6.07, 6.45) is 0.978. The third-order valence-electron chi connectivity index (χ3n) is 5.13. The summed E-state index contributed by atoms with van der Waals surface area (Å²) in [6, 6.07) is 8.89. The molecule has 2 atom stereocenters. The number of carbonyl (C=O) groups is 4. The average Bonchev–Trinajstić information content (AvgIpc) is 2.76. The van der Waals surface area contributed by atoms with E-state index in [4.69, 9.17) is 23.2 Å². The molecule has 2 aromatic rings. The van der Waals surface area contributed by atoms with Crippen LogP contribution in [0.4, 0.5) is 4.79 Å². The molecule has 2 unspecified atom stereocenters. The monoisotopic (exact) mass is 513 g/mol. The van der Waals surface area contributed by atoms with Crippen molar-refractivity contribution in [3.63, 3.8) is 0 Å². The minimum atomic E-state index is -1.38. The fraction of sp³-hybridized carbons (Fsp3) is 0.217. The Bertz CT molecular complexity index is 1170. The van der Waals surface area contributed by atoms with E-state index in [1.165, 1.54) is 18.1 Å². The van der Waals surface area contributed by atoms with Crippen LogP contribution < -0.4 is 10.6 Å². The fourth-order valence-electron chi connectivity index (χ4n) is 3.46. The molecule has 3 rings (SSSR count). The van der Waals surface area contributed by atoms with Crippen molar-refractivity contribution in [1.29, 1.82) is 0 Å². The second kappa shape index (κ2) is 11.9. The third kappa shape index (κ3) is 6.61. The average molecular weight is 514 g/mol. The maximum atomic E-state index is 12.6. The van der Waals surface area contributed by atoms with Crippen molar-refractivity contribution in [2.75, 3.05) is 7.05 Å². The topological polar surface area (TPSA) is 116 Å². The van der Waals surface area contributed by atoms with Crippen LogP contribution in [0.15, 0.2) is 54.2 Å². The number of amides is 3. The number of carboxylic acid groups (broad SMARTS) is 1. The Morgan fingerprint density at radius 2 is 1.76 bits per heavy atom. The first-order valence-corrected chi connectivity index (χ1v) is 10.7. The van der Waals surface area contributed by atoms with Crippen molar-refractivity contribution in [1.82, 2.24) is 15.5 Å². The predicted octanol–water partition coefficient (Wildman–Crippen LogP) is 3.14. The van der Waals surface area contributed by atoms with E-state index in [1.807, 2.05) is 6.07 Å². The number of nitrogens with zero attached hydrogens (tertiary/aromatic N) is 1. The van der Waals surface area contributed by atoms with Crippen molar-refractivity contribution >= 4 is 76.5 Å². The Kier molecular flexibility index (Phi) is 9.73. The van der Waals surface area contributed by atoms with Gasteiger partial charge in [0.25, 0.3) is 5.91 Å². The second-order valence-corrected chi connectivity index (χ2v) is 8.40. The number of urea groups is 1. The van der Waals surface area contributed by atoms with Gasteiger partial charge in [-0.25, -0.2) is 4.79 Å². The molecule has 0 saturated heterocycles. The first-order valence-electron chi connectivity index (χ1n) is 9.90. The Hall–Kier alpha value is -2.36. The van der Waals surface area contributed by atoms with Gasteiger partial charge in [0, 0.05) is 18.8 Å². The molecule has 0 aliphatic carbocycles. The number of hydrogen-bond donors (Lipinski definition) is 3. The van der Waals surface area contributed by atoms with Crippen LogP contribution >= 0.6 is 23.2 Å². The van der Waals surface area contributed by atoms with E-state index in [9.17, 15) is 24.3 Å². The molecule has 0 bridgehead atoms. The summed E-state index contributed by atoms with van der Waals surface area (Å²) >= 11 is 12.1. The van der Waals surface area contributed by atoms with Crippen LogP contribution in [0, 0.1) is 0 Å². The third-order valence-corrected chi connectivity index (χ3v) is 5.87. The van der Waals surface area contributed by atoms with Gasteiger partial charge in [-0.15, -0.1) is 0 Å². The molecular formula is C23H22Cl2N3NaO5. The molecule has 0 radical (unpaired) electrons. The minimum absolute atomic E-state index is 0. The molecule has 8 nitrogen and oxygen atoms in total. The van der Waals surface area contributed by atoms with Crippen LogP contribution in [0.2, 0.25) is 10.0 Å². The van der Waals surface area contributed by atoms with Crippen LogP contribution in [0.1, 0.15) is 24.9 Å². The summed E-state index contributed by atoms with van der Waals surface area (Å²) in [5, 5.41) is 15.1. The van der Waals surface area contributed by atoms with Gasteiger partial charge >= 0.3 is 41.6 Å². The van der Waals surface area contributed by atoms with E-state index in [2.05, 4.69) is 10.6 Å². The van der Waals surface area contributed by atoms with Gasteiger partial charge in [-0.2, -0.15) is 0 Å². The molecule has 2 aromatic carbocycles. The van der Waals surface area contributed by atoms with Crippen molar-refractivity contribution in [2.45, 2.75) is 25.4 Å². The van der Waals surface area contributed by atoms with Gasteiger partial charge in [-0.3, -0.25) is 14.4 Å². The number of aliphatic carboxylic acids is 1. The van der Waals surface area contributed by atoms with Crippen LogP contribution in [-0.2, 0) is 14.4 Å². The van der Waals surface area contributed by atoms with Gasteiger partial charge < -0.3 is 20.6 Å². The Labute approximate surface area is 228 Å². The van der Waals surface area contributed by atoms with Crippen LogP contribution in [0.5, 0.6) is 0 Å². The molecule has 0 aromatic heterocycles. The van der Waals surface area contributed by atoms with Crippen LogP contribution in [-0.4, -0.2) is 76.3 Å². The van der Waals surface area contributed by atoms with E-state index in [0.717, 1.165) is 11.1 Å². The summed E-state index contributed by atoms with van der Waals surface area (Å²) in [4.78, 5) is 49.9. The van der Waals surface area contributed by atoms with Crippen molar-refractivity contribution < 1.29 is 24.3 Å². The second-order valence-electron chi connectivity index (χ2n) is 7.58. The van der Waals surface area contributed by atoms with Crippen molar-refractivity contribution in [2.24, 2.45) is 0 Å². The van der Waals surface area contributed by atoms with Gasteiger partial charge in [-0.1, -0.05) is 47.5 Å². The maximum absolute atomic E-state index is 12.6. The number of halogens is 2. The number of hydrogen-bond acceptors (Lipinski definition) is 4. The molecule has 1 aliphatic heterocycles. The molecule has 0 saturated carbocycles. The number of likely N-dealkylation sites (N-methyl/N-ethyl adjacent to an activating group) is 1. The number of carbonyl (C=O) groups excluding carboxylic acids is 3. The summed E-state index contributed by atoms with van der Waals surface area (Å²) in [6.45, 7) is 1.54. The molecule has 0 fully saturated rings. The molecule has 3 N–H and O–H groups in total. The van der Waals surface area contributed by atoms with E-state index >= 15 is 0 Å². The zero-order chi connectivity index (χ0) is 24.3. The number of carboxylic acids is 1. The van der Waals surface area contributed by atoms with Crippen molar-refractivity contribution in [3.05, 3.63) is 69.8 Å². The molecular weight excluding hydrogens is 492 g/mol. The van der Waals surface area contributed by atoms with E-state index < -0.39 is 42.2 Å². The van der Waals surface area contributed by atoms with E-state index in [0.29, 0.717) is 21.2 Å². The van der Waals surface area contributed by atoms with Crippen LogP contribution in [0.3, 0.4) is 0 Å². The molecule has 34 heavy (non-hydrogen) atoms. The van der Waals surface area contributed by atoms with Gasteiger partial charge in [0.1, 0.15) is 0 Å². The Morgan fingerprint density at radius 1 is 1.09 bits per heavy atom. The number of benzene rings is 2. The van der Waals surface area contributed by atoms with Gasteiger partial charge in [0.2, 0.25) is 0 Å². The first kappa shape index (κ1) is 27.9. The molecule has 174 valence electrons. The molecule has 1 heterocycles. The fourth-order valence-corrected chi connectivity index (χ4v) is 3.76. The Balaban J connectivity index is 0.00000408. The summed E-state index contributed by atoms with van der Waals surface area (Å²) in [7, 11) is 1.48. The zero-order valence-corrected chi connectivity index (χ0v) is 19.3. The molecule has 3 amide bonds. The zero-order valence-electron chi connectivity index (χ0n) is 17.8. The van der Waals surface area contributed by atoms with Gasteiger partial charge in [0.05, 0.1) is 22.5 Å². The quantitative estimate of drug-likeness (QED) is 0.405. The number of rotatable bonds is 6. The Morgan fingerprint density at radius 3 is 2.41 bits per heavy atom. The first-order chi connectivity index (χ1) is 15.6. The number of ketones is 1. The predicted molar refractivity (Wildman–Crippen MR) is 131 cm³/mol. The molecule has 0 spiro atoms. The van der Waals surface area contributed by atoms with E-state index in [-0.39, 0.29) is 29.6 Å². The van der Waals surface area contributed by atoms with Gasteiger partial charge in [-0.05, 0) is 41.8 Å². The van der Waals surface area contributed by atoms with Gasteiger partial charge in [0.15, 0.2) is 11.8 Å². The number of Topliss-reactive ketones (excluding diaryl/α,β-unsaturated/α-hetero) is 1. The molecule has 1 aliphatic rings. The SMILES string of the molecule is CC1=CN(C)C(=O)C(NC(=O)NC(CC(=O)O)c2cccc(-c3ccc(Cl)c(Cl)c3)c2)C1=O.[NaH]. The van der Waals surface area contributed by atoms with Crippen molar-refractivity contribution in [3.8, 4) is 11.1 Å². The number of nitrogens with one attached hydrogen (secondary N) is 2. The summed E-state index contributed by atoms with van der Waals surface area (Å²) in [5.74, 6) is -2.25. The molecule has 11 heteroatoms. The standard InChI is InChI=1S/C23H21Cl2N3O5.Na.H/c1-12-11-28(2)22(32)20(21(12)31)27-23(33)26-18(10-19(29)30)15-5-3-4-13(8-15)14-6-7-16(24)17(25)9-14;;/h3-9,11,18,20H,10H2,1-2H3,(H,29,30)(H2,26,27,33);;. The normalized spacial score (nSPS) is 16.3. The summed E-state index contributed by atoms with van der Waals surface area (Å²) in [5.41, 5.74) is 2.33.